The summed E-state index contributed by atoms with van der Waals surface area (Å²) in [4.78, 5) is 12.8. The number of aliphatic imine (C=N–C) groups is 1. The van der Waals surface area contributed by atoms with Gasteiger partial charge in [-0.2, -0.15) is 0 Å². The minimum Gasteiger partial charge on any atom is -0.354 e. The number of nitrogens with zero attached hydrogens (tertiary/aromatic N) is 3. The fourth-order valence-electron chi connectivity index (χ4n) is 3.69. The van der Waals surface area contributed by atoms with Gasteiger partial charge in [-0.1, -0.05) is 30.3 Å². The first-order valence-corrected chi connectivity index (χ1v) is 10.5. The summed E-state index contributed by atoms with van der Waals surface area (Å²) in [7, 11) is 1.84. The van der Waals surface area contributed by atoms with Crippen LogP contribution in [-0.2, 0) is 13.1 Å². The van der Waals surface area contributed by atoms with Gasteiger partial charge in [-0.25, -0.2) is 4.98 Å². The summed E-state index contributed by atoms with van der Waals surface area (Å²) in [5.74, 6) is 0.883. The van der Waals surface area contributed by atoms with E-state index in [0.717, 1.165) is 49.1 Å². The first-order chi connectivity index (χ1) is 13.0. The number of aryl methyl sites for hydroxylation is 2. The van der Waals surface area contributed by atoms with Gasteiger partial charge in [0.25, 0.3) is 0 Å². The molecule has 154 valence electrons. The van der Waals surface area contributed by atoms with Crippen LogP contribution in [0.3, 0.4) is 0 Å². The van der Waals surface area contributed by atoms with Crippen molar-refractivity contribution in [3.05, 3.63) is 51.5 Å². The molecule has 0 amide bonds. The van der Waals surface area contributed by atoms with Crippen LogP contribution in [-0.4, -0.2) is 41.5 Å². The molecule has 0 saturated carbocycles. The highest BCUT2D eigenvalue weighted by Gasteiger charge is 2.26. The van der Waals surface area contributed by atoms with Crippen LogP contribution in [0.4, 0.5) is 0 Å². The summed E-state index contributed by atoms with van der Waals surface area (Å²) in [5.41, 5.74) is 2.51. The highest BCUT2D eigenvalue weighted by atomic mass is 127. The number of piperidine rings is 1. The molecule has 2 aromatic rings. The smallest absolute Gasteiger partial charge is 0.191 e. The number of nitrogens with one attached hydrogen (secondary N) is 2. The van der Waals surface area contributed by atoms with Crippen molar-refractivity contribution in [2.75, 3.05) is 13.6 Å². The number of aromatic nitrogens is 1. The van der Waals surface area contributed by atoms with Gasteiger partial charge in [0.2, 0.25) is 0 Å². The predicted molar refractivity (Wildman–Crippen MR) is 130 cm³/mol. The fourth-order valence-corrected chi connectivity index (χ4v) is 4.57. The van der Waals surface area contributed by atoms with Crippen molar-refractivity contribution in [3.63, 3.8) is 0 Å². The second kappa shape index (κ2) is 11.1. The molecule has 2 atom stereocenters. The third-order valence-electron chi connectivity index (χ3n) is 5.22. The molecule has 1 fully saturated rings. The van der Waals surface area contributed by atoms with Crippen LogP contribution >= 0.6 is 35.3 Å². The monoisotopic (exact) mass is 513 g/mol. The van der Waals surface area contributed by atoms with Crippen LogP contribution in [0, 0.1) is 13.8 Å². The molecule has 2 unspecified atom stereocenters. The molecule has 5 nitrogen and oxygen atoms in total. The van der Waals surface area contributed by atoms with Crippen molar-refractivity contribution in [1.82, 2.24) is 20.5 Å². The Labute approximate surface area is 190 Å². The van der Waals surface area contributed by atoms with Gasteiger partial charge in [0.1, 0.15) is 0 Å². The average Bonchev–Trinajstić information content (AvgIpc) is 2.99. The molecular weight excluding hydrogens is 481 g/mol. The number of rotatable bonds is 5. The summed E-state index contributed by atoms with van der Waals surface area (Å²) < 4.78 is 0. The van der Waals surface area contributed by atoms with Crippen molar-refractivity contribution >= 4 is 41.3 Å². The Hall–Kier alpha value is -1.19. The van der Waals surface area contributed by atoms with Gasteiger partial charge in [0.05, 0.1) is 17.2 Å². The average molecular weight is 513 g/mol. The zero-order valence-corrected chi connectivity index (χ0v) is 20.4. The second-order valence-electron chi connectivity index (χ2n) is 7.34. The zero-order valence-electron chi connectivity index (χ0n) is 17.2. The fraction of sp³-hybridized carbons (Fsp3) is 0.524. The van der Waals surface area contributed by atoms with E-state index in [9.17, 15) is 0 Å². The number of likely N-dealkylation sites (tertiary alicyclic amines) is 1. The van der Waals surface area contributed by atoms with E-state index in [0.29, 0.717) is 12.1 Å². The number of hydrogen-bond acceptors (Lipinski definition) is 4. The van der Waals surface area contributed by atoms with E-state index < -0.39 is 0 Å². The Kier molecular flexibility index (Phi) is 9.17. The highest BCUT2D eigenvalue weighted by molar-refractivity contribution is 14.0. The molecule has 0 aliphatic carbocycles. The molecule has 1 aromatic heterocycles. The molecule has 3 rings (SSSR count). The molecule has 1 saturated heterocycles. The number of hydrogen-bond donors (Lipinski definition) is 2. The van der Waals surface area contributed by atoms with Gasteiger partial charge in [-0.15, -0.1) is 35.3 Å². The minimum atomic E-state index is 0. The second-order valence-corrected chi connectivity index (χ2v) is 8.63. The van der Waals surface area contributed by atoms with Crippen LogP contribution in [0.1, 0.15) is 40.9 Å². The van der Waals surface area contributed by atoms with Crippen molar-refractivity contribution in [3.8, 4) is 0 Å². The molecule has 0 bridgehead atoms. The van der Waals surface area contributed by atoms with E-state index in [-0.39, 0.29) is 24.0 Å². The molecule has 1 aliphatic rings. The largest absolute Gasteiger partial charge is 0.354 e. The number of halogens is 1. The van der Waals surface area contributed by atoms with E-state index in [4.69, 9.17) is 0 Å². The lowest BCUT2D eigenvalue weighted by Crippen LogP contribution is -2.51. The third-order valence-corrected chi connectivity index (χ3v) is 6.30. The predicted octanol–water partition coefficient (Wildman–Crippen LogP) is 4.10. The van der Waals surface area contributed by atoms with Crippen LogP contribution in [0.2, 0.25) is 0 Å². The lowest BCUT2D eigenvalue weighted by atomic mass is 9.97. The van der Waals surface area contributed by atoms with E-state index in [1.807, 2.05) is 7.05 Å². The maximum Gasteiger partial charge on any atom is 0.191 e. The van der Waals surface area contributed by atoms with Crippen LogP contribution < -0.4 is 10.6 Å². The summed E-state index contributed by atoms with van der Waals surface area (Å²) in [6, 6.07) is 11.8. The number of benzene rings is 1. The Morgan fingerprint density at radius 3 is 2.64 bits per heavy atom. The maximum absolute atomic E-state index is 4.50. The Morgan fingerprint density at radius 1 is 1.29 bits per heavy atom. The van der Waals surface area contributed by atoms with Crippen molar-refractivity contribution in [2.24, 2.45) is 4.99 Å². The van der Waals surface area contributed by atoms with E-state index in [1.54, 1.807) is 11.3 Å². The molecule has 7 heteroatoms. The van der Waals surface area contributed by atoms with Crippen molar-refractivity contribution in [2.45, 2.75) is 58.8 Å². The first-order valence-electron chi connectivity index (χ1n) is 9.73. The van der Waals surface area contributed by atoms with Crippen molar-refractivity contribution < 1.29 is 0 Å². The molecule has 0 radical (unpaired) electrons. The molecule has 2 heterocycles. The minimum absolute atomic E-state index is 0. The molecule has 1 aromatic carbocycles. The topological polar surface area (TPSA) is 52.6 Å². The lowest BCUT2D eigenvalue weighted by Gasteiger charge is -2.38. The molecule has 1 aliphatic heterocycles. The Bertz CT molecular complexity index is 761. The summed E-state index contributed by atoms with van der Waals surface area (Å²) >= 11 is 1.75. The summed E-state index contributed by atoms with van der Waals surface area (Å²) in [6.45, 7) is 9.37. The highest BCUT2D eigenvalue weighted by Crippen LogP contribution is 2.20. The van der Waals surface area contributed by atoms with Gasteiger partial charge in [-0.3, -0.25) is 9.89 Å². The zero-order chi connectivity index (χ0) is 19.2. The number of guanidine groups is 1. The molecule has 0 spiro atoms. The Morgan fingerprint density at radius 2 is 2.04 bits per heavy atom. The van der Waals surface area contributed by atoms with Gasteiger partial charge < -0.3 is 10.6 Å². The van der Waals surface area contributed by atoms with Crippen LogP contribution in [0.15, 0.2) is 35.3 Å². The van der Waals surface area contributed by atoms with Gasteiger partial charge in [-0.05, 0) is 39.2 Å². The van der Waals surface area contributed by atoms with Crippen LogP contribution in [0.25, 0.3) is 0 Å². The van der Waals surface area contributed by atoms with E-state index >= 15 is 0 Å². The van der Waals surface area contributed by atoms with E-state index in [1.165, 1.54) is 10.4 Å². The van der Waals surface area contributed by atoms with Gasteiger partial charge in [0.15, 0.2) is 5.96 Å². The molecular formula is C21H32IN5S. The normalized spacial score (nSPS) is 20.5. The standard InChI is InChI=1S/C21H31N5S.HI/c1-15-12-19(10-11-26(15)14-18-8-6-5-7-9-18)25-21(22-4)23-13-20-16(2)24-17(3)27-20;/h5-9,15,19H,10-14H2,1-4H3,(H2,22,23,25);1H. The molecule has 28 heavy (non-hydrogen) atoms. The summed E-state index contributed by atoms with van der Waals surface area (Å²) in [5, 5.41) is 8.18. The SMILES string of the molecule is CN=C(NCc1sc(C)nc1C)NC1CCN(Cc2ccccc2)C(C)C1.I. The maximum atomic E-state index is 4.50. The van der Waals surface area contributed by atoms with Crippen LogP contribution in [0.5, 0.6) is 0 Å². The van der Waals surface area contributed by atoms with Crippen molar-refractivity contribution in [1.29, 1.82) is 0 Å². The lowest BCUT2D eigenvalue weighted by molar-refractivity contribution is 0.134. The summed E-state index contributed by atoms with van der Waals surface area (Å²) in [6.07, 6.45) is 2.27. The van der Waals surface area contributed by atoms with E-state index in [2.05, 4.69) is 76.6 Å². The van der Waals surface area contributed by atoms with Gasteiger partial charge >= 0.3 is 0 Å². The van der Waals surface area contributed by atoms with Gasteiger partial charge in [0, 0.05) is 37.1 Å². The third kappa shape index (κ3) is 6.42. The Balaban J connectivity index is 0.00000280. The number of thiazole rings is 1. The quantitative estimate of drug-likeness (QED) is 0.359. The first kappa shape index (κ1) is 23.1. The molecule has 2 N–H and O–H groups in total.